The predicted molar refractivity (Wildman–Crippen MR) is 87.1 cm³/mol. The number of nitrogens with one attached hydrogen (secondary N) is 1. The first kappa shape index (κ1) is 14.1. The third kappa shape index (κ3) is 3.00. The molecule has 0 unspecified atom stereocenters. The van der Waals surface area contributed by atoms with Crippen LogP contribution in [0.3, 0.4) is 0 Å². The molecule has 3 aromatic heterocycles. The maximum atomic E-state index is 4.50. The molecule has 1 aliphatic heterocycles. The predicted octanol–water partition coefficient (Wildman–Crippen LogP) is 1.28. The smallest absolute Gasteiger partial charge is 0.203 e. The topological polar surface area (TPSA) is 71.2 Å². The summed E-state index contributed by atoms with van der Waals surface area (Å²) < 4.78 is 1.91. The number of fused-ring (bicyclic) bond motifs is 1. The van der Waals surface area contributed by atoms with Gasteiger partial charge in [0, 0.05) is 50.5 Å². The zero-order valence-electron chi connectivity index (χ0n) is 12.8. The Morgan fingerprint density at radius 1 is 1.13 bits per heavy atom. The van der Waals surface area contributed by atoms with E-state index in [1.165, 1.54) is 5.56 Å². The molecule has 0 bridgehead atoms. The van der Waals surface area contributed by atoms with Gasteiger partial charge in [-0.2, -0.15) is 0 Å². The molecule has 0 spiro atoms. The number of piperidine rings is 1. The monoisotopic (exact) mass is 309 g/mol. The second-order valence-corrected chi connectivity index (χ2v) is 5.81. The van der Waals surface area contributed by atoms with E-state index in [1.54, 1.807) is 12.5 Å². The minimum atomic E-state index is 0.539. The zero-order valence-corrected chi connectivity index (χ0v) is 12.8. The lowest BCUT2D eigenvalue weighted by molar-refractivity contribution is 0.413. The second-order valence-electron chi connectivity index (χ2n) is 5.81. The van der Waals surface area contributed by atoms with Crippen LogP contribution < -0.4 is 10.2 Å². The van der Waals surface area contributed by atoms with Crippen molar-refractivity contribution in [3.63, 3.8) is 0 Å². The summed E-state index contributed by atoms with van der Waals surface area (Å²) in [5.41, 5.74) is 2.10. The largest absolute Gasteiger partial charge is 0.353 e. The third-order valence-corrected chi connectivity index (χ3v) is 4.34. The van der Waals surface area contributed by atoms with Crippen molar-refractivity contribution in [2.24, 2.45) is 0 Å². The molecule has 4 rings (SSSR count). The van der Waals surface area contributed by atoms with Crippen LogP contribution in [0.5, 0.6) is 0 Å². The average molecular weight is 309 g/mol. The quantitative estimate of drug-likeness (QED) is 0.783. The van der Waals surface area contributed by atoms with Gasteiger partial charge in [0.25, 0.3) is 0 Å². The molecular formula is C16H19N7. The SMILES string of the molecule is c1cc(CNC2CCN(c3nccn4cnnc34)CC2)ccn1. The lowest BCUT2D eigenvalue weighted by Crippen LogP contribution is -2.42. The van der Waals surface area contributed by atoms with Crippen LogP contribution in [0.2, 0.25) is 0 Å². The van der Waals surface area contributed by atoms with Crippen LogP contribution in [-0.2, 0) is 6.54 Å². The highest BCUT2D eigenvalue weighted by atomic mass is 15.3. The van der Waals surface area contributed by atoms with Gasteiger partial charge in [-0.3, -0.25) is 9.38 Å². The summed E-state index contributed by atoms with van der Waals surface area (Å²) in [6.45, 7) is 2.85. The standard InChI is InChI=1S/C16H19N7/c1-5-17-6-2-13(1)11-19-14-3-8-22(9-4-14)15-16-21-20-12-23(16)10-7-18-15/h1-2,5-7,10,12,14,19H,3-4,8-9,11H2. The van der Waals surface area contributed by atoms with Crippen LogP contribution in [0.4, 0.5) is 5.82 Å². The molecule has 0 aromatic carbocycles. The van der Waals surface area contributed by atoms with Gasteiger partial charge in [-0.1, -0.05) is 0 Å². The summed E-state index contributed by atoms with van der Waals surface area (Å²) in [4.78, 5) is 10.8. The number of aromatic nitrogens is 5. The number of hydrogen-bond acceptors (Lipinski definition) is 6. The summed E-state index contributed by atoms with van der Waals surface area (Å²) in [6.07, 6.45) is 11.3. The molecule has 3 aromatic rings. The maximum absolute atomic E-state index is 4.50. The van der Waals surface area contributed by atoms with E-state index in [0.717, 1.165) is 43.9 Å². The van der Waals surface area contributed by atoms with E-state index < -0.39 is 0 Å². The molecule has 0 saturated carbocycles. The number of anilines is 1. The van der Waals surface area contributed by atoms with Crippen molar-refractivity contribution in [3.05, 3.63) is 48.8 Å². The van der Waals surface area contributed by atoms with E-state index in [2.05, 4.69) is 42.5 Å². The molecule has 0 atom stereocenters. The summed E-state index contributed by atoms with van der Waals surface area (Å²) in [5, 5.41) is 11.8. The zero-order chi connectivity index (χ0) is 15.5. The van der Waals surface area contributed by atoms with Gasteiger partial charge in [-0.15, -0.1) is 10.2 Å². The Balaban J connectivity index is 1.37. The van der Waals surface area contributed by atoms with Gasteiger partial charge in [-0.25, -0.2) is 4.98 Å². The molecule has 0 aliphatic carbocycles. The van der Waals surface area contributed by atoms with E-state index in [-0.39, 0.29) is 0 Å². The Labute approximate surface area is 134 Å². The fraction of sp³-hybridized carbons (Fsp3) is 0.375. The van der Waals surface area contributed by atoms with Crippen LogP contribution in [0.25, 0.3) is 5.65 Å². The third-order valence-electron chi connectivity index (χ3n) is 4.34. The Hall–Kier alpha value is -2.54. The molecule has 1 aliphatic rings. The summed E-state index contributed by atoms with van der Waals surface area (Å²) in [7, 11) is 0. The minimum absolute atomic E-state index is 0.539. The van der Waals surface area contributed by atoms with Gasteiger partial charge >= 0.3 is 0 Å². The van der Waals surface area contributed by atoms with Gasteiger partial charge in [0.2, 0.25) is 5.65 Å². The van der Waals surface area contributed by atoms with Crippen LogP contribution in [0.1, 0.15) is 18.4 Å². The molecule has 7 nitrogen and oxygen atoms in total. The van der Waals surface area contributed by atoms with Gasteiger partial charge in [0.15, 0.2) is 5.82 Å². The van der Waals surface area contributed by atoms with Crippen molar-refractivity contribution in [2.75, 3.05) is 18.0 Å². The van der Waals surface area contributed by atoms with Crippen molar-refractivity contribution >= 4 is 11.5 Å². The maximum Gasteiger partial charge on any atom is 0.203 e. The highest BCUT2D eigenvalue weighted by Gasteiger charge is 2.21. The van der Waals surface area contributed by atoms with Crippen LogP contribution >= 0.6 is 0 Å². The van der Waals surface area contributed by atoms with Gasteiger partial charge in [-0.05, 0) is 30.5 Å². The van der Waals surface area contributed by atoms with Crippen molar-refractivity contribution in [2.45, 2.75) is 25.4 Å². The first-order valence-corrected chi connectivity index (χ1v) is 7.92. The fourth-order valence-corrected chi connectivity index (χ4v) is 3.03. The van der Waals surface area contributed by atoms with Gasteiger partial charge in [0.05, 0.1) is 0 Å². The fourth-order valence-electron chi connectivity index (χ4n) is 3.03. The molecule has 4 heterocycles. The molecule has 0 radical (unpaired) electrons. The Morgan fingerprint density at radius 3 is 2.78 bits per heavy atom. The van der Waals surface area contributed by atoms with Gasteiger partial charge < -0.3 is 10.2 Å². The summed E-state index contributed by atoms with van der Waals surface area (Å²) in [6, 6.07) is 4.65. The molecule has 1 saturated heterocycles. The Morgan fingerprint density at radius 2 is 1.96 bits per heavy atom. The van der Waals surface area contributed by atoms with Gasteiger partial charge in [0.1, 0.15) is 6.33 Å². The molecular weight excluding hydrogens is 290 g/mol. The molecule has 0 amide bonds. The van der Waals surface area contributed by atoms with Crippen molar-refractivity contribution in [3.8, 4) is 0 Å². The lowest BCUT2D eigenvalue weighted by Gasteiger charge is -2.33. The number of nitrogens with zero attached hydrogens (tertiary/aromatic N) is 6. The van der Waals surface area contributed by atoms with E-state index in [4.69, 9.17) is 0 Å². The number of rotatable bonds is 4. The molecule has 1 fully saturated rings. The Bertz CT molecular complexity index is 762. The summed E-state index contributed by atoms with van der Waals surface area (Å²) >= 11 is 0. The summed E-state index contributed by atoms with van der Waals surface area (Å²) in [5.74, 6) is 0.928. The van der Waals surface area contributed by atoms with E-state index in [9.17, 15) is 0 Å². The van der Waals surface area contributed by atoms with Crippen molar-refractivity contribution < 1.29 is 0 Å². The molecule has 23 heavy (non-hydrogen) atoms. The highest BCUT2D eigenvalue weighted by molar-refractivity contribution is 5.63. The van der Waals surface area contributed by atoms with Crippen LogP contribution in [0.15, 0.2) is 43.2 Å². The minimum Gasteiger partial charge on any atom is -0.353 e. The first-order chi connectivity index (χ1) is 11.4. The van der Waals surface area contributed by atoms with E-state index in [1.807, 2.05) is 23.0 Å². The molecule has 118 valence electrons. The van der Waals surface area contributed by atoms with Crippen LogP contribution in [0, 0.1) is 0 Å². The first-order valence-electron chi connectivity index (χ1n) is 7.92. The highest BCUT2D eigenvalue weighted by Crippen LogP contribution is 2.21. The number of pyridine rings is 1. The van der Waals surface area contributed by atoms with Crippen molar-refractivity contribution in [1.29, 1.82) is 0 Å². The van der Waals surface area contributed by atoms with E-state index in [0.29, 0.717) is 6.04 Å². The Kier molecular flexibility index (Phi) is 3.85. The lowest BCUT2D eigenvalue weighted by atomic mass is 10.0. The molecule has 7 heteroatoms. The van der Waals surface area contributed by atoms with E-state index >= 15 is 0 Å². The normalized spacial score (nSPS) is 16.1. The second kappa shape index (κ2) is 6.29. The molecule has 1 N–H and O–H groups in total. The van der Waals surface area contributed by atoms with Crippen LogP contribution in [-0.4, -0.2) is 43.7 Å². The number of hydrogen-bond donors (Lipinski definition) is 1. The average Bonchev–Trinajstić information content (AvgIpc) is 3.10. The van der Waals surface area contributed by atoms with Crippen molar-refractivity contribution in [1.82, 2.24) is 29.9 Å².